The van der Waals surface area contributed by atoms with Gasteiger partial charge in [0.1, 0.15) is 0 Å². The molecule has 0 aliphatic heterocycles. The molecular weight excluding hydrogens is 170 g/mol. The standard InChI is InChI=1S/CN.Ni.Rb.H/c1-2;;;/q-1;;+1;-1. The molecule has 0 aliphatic carbocycles. The van der Waals surface area contributed by atoms with Crippen LogP contribution in [0.3, 0.4) is 0 Å². The fraction of sp³-hybridized carbons (Fsp3) is 0. The Morgan fingerprint density at radius 2 is 1.50 bits per heavy atom. The second kappa shape index (κ2) is 21.5. The van der Waals surface area contributed by atoms with Crippen LogP contribution in [0.4, 0.5) is 0 Å². The first-order chi connectivity index (χ1) is 1.00. The molecule has 0 spiro atoms. The Balaban J connectivity index is -0.00000000167. The van der Waals surface area contributed by atoms with Crippen molar-refractivity contribution in [1.29, 1.82) is 5.26 Å². The van der Waals surface area contributed by atoms with Gasteiger partial charge in [0.2, 0.25) is 0 Å². The quantitative estimate of drug-likeness (QED) is 0.285. The predicted molar refractivity (Wildman–Crippen MR) is 6.08 cm³/mol. The summed E-state index contributed by atoms with van der Waals surface area (Å²) in [6.07, 6.45) is 0. The fourth-order valence-corrected chi connectivity index (χ4v) is 0. The normalized spacial score (nSPS) is 0.500. The van der Waals surface area contributed by atoms with Gasteiger partial charge in [0.25, 0.3) is 0 Å². The van der Waals surface area contributed by atoms with Crippen LogP contribution in [-0.4, -0.2) is 0 Å². The van der Waals surface area contributed by atoms with Crippen LogP contribution in [0, 0.1) is 11.8 Å². The molecule has 0 aliphatic rings. The zero-order valence-electron chi connectivity index (χ0n) is 3.26. The van der Waals surface area contributed by atoms with Crippen molar-refractivity contribution in [3.63, 3.8) is 0 Å². The van der Waals surface area contributed by atoms with Crippen LogP contribution in [0.2, 0.25) is 0 Å². The summed E-state index contributed by atoms with van der Waals surface area (Å²) in [6, 6.07) is 0. The molecule has 0 N–H and O–H groups in total. The second-order valence-electron chi connectivity index (χ2n) is 0. The average Bonchev–Trinajstić information content (AvgIpc) is 1.00. The van der Waals surface area contributed by atoms with Crippen LogP contribution in [0.5, 0.6) is 0 Å². The molecule has 4 heavy (non-hydrogen) atoms. The van der Waals surface area contributed by atoms with Crippen LogP contribution in [-0.2, 0) is 16.5 Å². The zero-order chi connectivity index (χ0) is 2.00. The van der Waals surface area contributed by atoms with E-state index in [-0.39, 0.29) is 76.1 Å². The molecule has 0 saturated heterocycles. The van der Waals surface area contributed by atoms with Gasteiger partial charge in [-0.25, -0.2) is 0 Å². The predicted octanol–water partition coefficient (Wildman–Crippen LogP) is -2.79. The summed E-state index contributed by atoms with van der Waals surface area (Å²) < 4.78 is 0. The molecule has 0 amide bonds. The van der Waals surface area contributed by atoms with Gasteiger partial charge in [-0.1, -0.05) is 0 Å². The van der Waals surface area contributed by atoms with Crippen molar-refractivity contribution in [3.8, 4) is 0 Å². The third-order valence-corrected chi connectivity index (χ3v) is 0. The molecule has 22 valence electrons. The van der Waals surface area contributed by atoms with Gasteiger partial charge in [0.05, 0.1) is 0 Å². The maximum Gasteiger partial charge on any atom is 1.00 e. The molecule has 0 aromatic rings. The molecule has 3 heteroatoms. The first kappa shape index (κ1) is 17.1. The molecule has 0 atom stereocenters. The molecule has 0 bridgehead atoms. The third kappa shape index (κ3) is 9.21. The van der Waals surface area contributed by atoms with Crippen molar-refractivity contribution < 1.29 is 76.1 Å². The van der Waals surface area contributed by atoms with Gasteiger partial charge in [0, 0.05) is 16.5 Å². The van der Waals surface area contributed by atoms with Crippen LogP contribution >= 0.6 is 0 Å². The SMILES string of the molecule is [C-]#N.[H-].[Ni].[Rb+]. The summed E-state index contributed by atoms with van der Waals surface area (Å²) in [6.45, 7) is 4.75. The molecule has 0 radical (unpaired) electrons. The van der Waals surface area contributed by atoms with Gasteiger partial charge < -0.3 is 13.3 Å². The van der Waals surface area contributed by atoms with E-state index in [1.807, 2.05) is 0 Å². The van der Waals surface area contributed by atoms with Crippen molar-refractivity contribution in [2.24, 2.45) is 0 Å². The van der Waals surface area contributed by atoms with E-state index in [4.69, 9.17) is 11.8 Å². The van der Waals surface area contributed by atoms with Crippen LogP contribution in [0.25, 0.3) is 0 Å². The monoisotopic (exact) mass is 170 g/mol. The summed E-state index contributed by atoms with van der Waals surface area (Å²) in [5.41, 5.74) is 0. The van der Waals surface area contributed by atoms with Crippen molar-refractivity contribution in [1.82, 2.24) is 0 Å². The molecule has 0 aromatic heterocycles. The maximum atomic E-state index is 6.25. The minimum absolute atomic E-state index is 0. The summed E-state index contributed by atoms with van der Waals surface area (Å²) in [5, 5.41) is 6.25. The number of hydrogen-bond donors (Lipinski definition) is 0. The third-order valence-electron chi connectivity index (χ3n) is 0. The smallest absolute Gasteiger partial charge is 1.00 e. The first-order valence-corrected chi connectivity index (χ1v) is 0.224. The van der Waals surface area contributed by atoms with Gasteiger partial charge in [-0.3, -0.25) is 0 Å². The van der Waals surface area contributed by atoms with Crippen LogP contribution in [0.1, 0.15) is 1.43 Å². The van der Waals surface area contributed by atoms with Crippen molar-refractivity contribution in [2.75, 3.05) is 0 Å². The minimum Gasteiger partial charge on any atom is -1.00 e. The van der Waals surface area contributed by atoms with Crippen molar-refractivity contribution in [3.05, 3.63) is 6.57 Å². The van der Waals surface area contributed by atoms with E-state index in [1.54, 1.807) is 0 Å². The van der Waals surface area contributed by atoms with Crippen LogP contribution in [0.15, 0.2) is 0 Å². The van der Waals surface area contributed by atoms with E-state index in [1.165, 1.54) is 0 Å². The Labute approximate surface area is 86.0 Å². The van der Waals surface area contributed by atoms with E-state index in [9.17, 15) is 0 Å². The second-order valence-corrected chi connectivity index (χ2v) is 0. The van der Waals surface area contributed by atoms with E-state index >= 15 is 0 Å². The molecular formula is CHNNiRb-. The summed E-state index contributed by atoms with van der Waals surface area (Å²) >= 11 is 0. The first-order valence-electron chi connectivity index (χ1n) is 0.224. The fourth-order valence-electron chi connectivity index (χ4n) is 0. The Bertz CT molecular complexity index is 16.4. The number of hydrogen-bond acceptors (Lipinski definition) is 1. The summed E-state index contributed by atoms with van der Waals surface area (Å²) in [7, 11) is 0. The molecule has 0 rings (SSSR count). The van der Waals surface area contributed by atoms with Gasteiger partial charge in [0.15, 0.2) is 0 Å². The van der Waals surface area contributed by atoms with Gasteiger partial charge in [-0.15, -0.1) is 0 Å². The Morgan fingerprint density at radius 3 is 1.50 bits per heavy atom. The average molecular weight is 171 g/mol. The Morgan fingerprint density at radius 1 is 1.50 bits per heavy atom. The Hall–Kier alpha value is 1.79. The topological polar surface area (TPSA) is 23.8 Å². The molecule has 0 aromatic carbocycles. The molecule has 1 nitrogen and oxygen atoms in total. The largest absolute Gasteiger partial charge is 1.00 e. The molecule has 0 saturated carbocycles. The van der Waals surface area contributed by atoms with Gasteiger partial charge in [-0.2, -0.15) is 0 Å². The van der Waals surface area contributed by atoms with E-state index < -0.39 is 0 Å². The van der Waals surface area contributed by atoms with Crippen molar-refractivity contribution >= 4 is 0 Å². The van der Waals surface area contributed by atoms with E-state index in [0.29, 0.717) is 0 Å². The molecule has 0 unspecified atom stereocenters. The van der Waals surface area contributed by atoms with Gasteiger partial charge in [-0.05, 0) is 0 Å². The number of nitrogens with zero attached hydrogens (tertiary/aromatic N) is 1. The Kier molecular flexibility index (Phi) is 91.7. The number of rotatable bonds is 0. The van der Waals surface area contributed by atoms with Crippen LogP contribution < -0.4 is 58.2 Å². The molecule has 0 heterocycles. The maximum absolute atomic E-state index is 6.25. The summed E-state index contributed by atoms with van der Waals surface area (Å²) in [4.78, 5) is 0. The summed E-state index contributed by atoms with van der Waals surface area (Å²) in [5.74, 6) is 0. The molecule has 0 fully saturated rings. The van der Waals surface area contributed by atoms with E-state index in [0.717, 1.165) is 0 Å². The minimum atomic E-state index is 0. The van der Waals surface area contributed by atoms with Crippen molar-refractivity contribution in [2.45, 2.75) is 0 Å². The van der Waals surface area contributed by atoms with Gasteiger partial charge >= 0.3 is 58.2 Å². The van der Waals surface area contributed by atoms with E-state index in [2.05, 4.69) is 0 Å². The zero-order valence-corrected chi connectivity index (χ0v) is 8.17.